The van der Waals surface area contributed by atoms with Gasteiger partial charge in [0.15, 0.2) is 0 Å². The van der Waals surface area contributed by atoms with E-state index in [1.165, 1.54) is 24.9 Å². The molecule has 0 bridgehead atoms. The van der Waals surface area contributed by atoms with Crippen molar-refractivity contribution in [2.45, 2.75) is 32.4 Å². The summed E-state index contributed by atoms with van der Waals surface area (Å²) in [5.41, 5.74) is 3.45. The lowest BCUT2D eigenvalue weighted by Crippen LogP contribution is -2.35. The predicted octanol–water partition coefficient (Wildman–Crippen LogP) is 1.83. The van der Waals surface area contributed by atoms with Crippen molar-refractivity contribution < 1.29 is 0 Å². The molecule has 0 radical (unpaired) electrons. The maximum Gasteiger partial charge on any atom is 0.139 e. The van der Waals surface area contributed by atoms with Crippen molar-refractivity contribution in [3.05, 3.63) is 35.8 Å². The van der Waals surface area contributed by atoms with E-state index < -0.39 is 0 Å². The van der Waals surface area contributed by atoms with Crippen LogP contribution in [0.25, 0.3) is 5.65 Å². The van der Waals surface area contributed by atoms with Gasteiger partial charge >= 0.3 is 0 Å². The van der Waals surface area contributed by atoms with Gasteiger partial charge in [-0.1, -0.05) is 6.07 Å². The first-order chi connectivity index (χ1) is 9.22. The number of aromatic nitrogens is 2. The van der Waals surface area contributed by atoms with Gasteiger partial charge in [-0.15, -0.1) is 0 Å². The second-order valence-electron chi connectivity index (χ2n) is 5.64. The number of hydrogen-bond donors (Lipinski definition) is 1. The van der Waals surface area contributed by atoms with Gasteiger partial charge in [0.2, 0.25) is 0 Å². The molecule has 4 heteroatoms. The van der Waals surface area contributed by atoms with Gasteiger partial charge < -0.3 is 9.72 Å². The molecule has 2 aromatic rings. The van der Waals surface area contributed by atoms with Crippen LogP contribution in [-0.4, -0.2) is 40.5 Å². The lowest BCUT2D eigenvalue weighted by atomic mass is 10.2. The van der Waals surface area contributed by atoms with E-state index >= 15 is 0 Å². The van der Waals surface area contributed by atoms with E-state index in [1.54, 1.807) is 0 Å². The van der Waals surface area contributed by atoms with E-state index in [9.17, 15) is 0 Å². The number of aryl methyl sites for hydroxylation is 1. The number of fused-ring (bicyclic) bond motifs is 1. The molecule has 3 heterocycles. The minimum atomic E-state index is 0.656. The van der Waals surface area contributed by atoms with Crippen molar-refractivity contribution in [1.29, 1.82) is 0 Å². The summed E-state index contributed by atoms with van der Waals surface area (Å²) < 4.78 is 2.12. The maximum atomic E-state index is 4.73. The van der Waals surface area contributed by atoms with Crippen LogP contribution in [0.15, 0.2) is 24.5 Å². The van der Waals surface area contributed by atoms with E-state index in [4.69, 9.17) is 4.98 Å². The summed E-state index contributed by atoms with van der Waals surface area (Å²) in [4.78, 5) is 7.09. The lowest BCUT2D eigenvalue weighted by Gasteiger charge is -2.19. The Bertz CT molecular complexity index is 554. The van der Waals surface area contributed by atoms with Gasteiger partial charge in [-0.25, -0.2) is 4.98 Å². The molecule has 0 saturated carbocycles. The summed E-state index contributed by atoms with van der Waals surface area (Å²) in [5, 5.41) is 3.54. The van der Waals surface area contributed by atoms with Crippen LogP contribution in [0.3, 0.4) is 0 Å². The van der Waals surface area contributed by atoms with Gasteiger partial charge in [-0.2, -0.15) is 0 Å². The minimum absolute atomic E-state index is 0.656. The third-order valence-electron chi connectivity index (χ3n) is 3.85. The fraction of sp³-hybridized carbons (Fsp3) is 0.533. The second-order valence-corrected chi connectivity index (χ2v) is 5.64. The van der Waals surface area contributed by atoms with Crippen LogP contribution in [-0.2, 0) is 6.54 Å². The molecule has 0 aromatic carbocycles. The lowest BCUT2D eigenvalue weighted by molar-refractivity contribution is 0.290. The molecule has 102 valence electrons. The second kappa shape index (κ2) is 5.31. The summed E-state index contributed by atoms with van der Waals surface area (Å²) in [6.07, 6.45) is 6.82. The molecule has 1 aliphatic rings. The maximum absolute atomic E-state index is 4.73. The third kappa shape index (κ3) is 2.80. The molecule has 1 fully saturated rings. The van der Waals surface area contributed by atoms with Crippen molar-refractivity contribution >= 4 is 5.65 Å². The van der Waals surface area contributed by atoms with Gasteiger partial charge in [-0.05, 0) is 45.0 Å². The van der Waals surface area contributed by atoms with Crippen LogP contribution in [0, 0.1) is 6.92 Å². The molecule has 4 nitrogen and oxygen atoms in total. The highest BCUT2D eigenvalue weighted by Gasteiger charge is 2.16. The van der Waals surface area contributed by atoms with Crippen molar-refractivity contribution in [3.8, 4) is 0 Å². The number of nitrogens with zero attached hydrogens (tertiary/aromatic N) is 3. The van der Waals surface area contributed by atoms with Crippen LogP contribution in [0.5, 0.6) is 0 Å². The van der Waals surface area contributed by atoms with Crippen LogP contribution in [0.2, 0.25) is 0 Å². The van der Waals surface area contributed by atoms with Crippen molar-refractivity contribution in [1.82, 2.24) is 19.6 Å². The molecule has 1 N–H and O–H groups in total. The Kier molecular flexibility index (Phi) is 3.53. The normalized spacial score (nSPS) is 19.6. The Morgan fingerprint density at radius 1 is 1.53 bits per heavy atom. The average Bonchev–Trinajstić information content (AvgIpc) is 2.98. The monoisotopic (exact) mass is 258 g/mol. The summed E-state index contributed by atoms with van der Waals surface area (Å²) in [5.74, 6) is 0. The Hall–Kier alpha value is -1.39. The summed E-state index contributed by atoms with van der Waals surface area (Å²) in [6, 6.07) is 4.84. The molecular formula is C15H22N4. The Balaban J connectivity index is 1.68. The largest absolute Gasteiger partial charge is 0.313 e. The summed E-state index contributed by atoms with van der Waals surface area (Å²) in [6.45, 7) is 5.30. The van der Waals surface area contributed by atoms with E-state index in [0.29, 0.717) is 6.04 Å². The van der Waals surface area contributed by atoms with Crippen molar-refractivity contribution in [2.24, 2.45) is 0 Å². The molecule has 2 aromatic heterocycles. The van der Waals surface area contributed by atoms with Crippen molar-refractivity contribution in [2.75, 3.05) is 20.1 Å². The highest BCUT2D eigenvalue weighted by atomic mass is 15.1. The molecular weight excluding hydrogens is 236 g/mol. The summed E-state index contributed by atoms with van der Waals surface area (Å²) >= 11 is 0. The molecule has 19 heavy (non-hydrogen) atoms. The minimum Gasteiger partial charge on any atom is -0.313 e. The smallest absolute Gasteiger partial charge is 0.139 e. The first-order valence-corrected chi connectivity index (χ1v) is 7.07. The predicted molar refractivity (Wildman–Crippen MR) is 77.3 cm³/mol. The average molecular weight is 258 g/mol. The van der Waals surface area contributed by atoms with E-state index in [2.05, 4.69) is 53.1 Å². The summed E-state index contributed by atoms with van der Waals surface area (Å²) in [7, 11) is 2.18. The topological polar surface area (TPSA) is 32.6 Å². The molecule has 0 aliphatic carbocycles. The van der Waals surface area contributed by atoms with Gasteiger partial charge in [0, 0.05) is 31.5 Å². The number of imidazole rings is 1. The van der Waals surface area contributed by atoms with Crippen LogP contribution < -0.4 is 5.32 Å². The van der Waals surface area contributed by atoms with E-state index in [-0.39, 0.29) is 0 Å². The molecule has 0 amide bonds. The van der Waals surface area contributed by atoms with Gasteiger partial charge in [-0.3, -0.25) is 4.90 Å². The third-order valence-corrected chi connectivity index (χ3v) is 3.85. The SMILES string of the molecule is Cc1cccn2cc(CN(C)CC3CCCN3)nc12. The fourth-order valence-electron chi connectivity index (χ4n) is 2.91. The number of pyridine rings is 1. The highest BCUT2D eigenvalue weighted by molar-refractivity contribution is 5.47. The van der Waals surface area contributed by atoms with Crippen LogP contribution in [0.4, 0.5) is 0 Å². The van der Waals surface area contributed by atoms with Crippen LogP contribution >= 0.6 is 0 Å². The molecule has 3 rings (SSSR count). The number of nitrogens with one attached hydrogen (secondary N) is 1. The first kappa shape index (κ1) is 12.6. The molecule has 0 spiro atoms. The first-order valence-electron chi connectivity index (χ1n) is 7.07. The standard InChI is InChI=1S/C15H22N4/c1-12-5-4-8-19-11-14(17-15(12)19)10-18(2)9-13-6-3-7-16-13/h4-5,8,11,13,16H,3,6-7,9-10H2,1-2H3. The molecule has 1 aliphatic heterocycles. The van der Waals surface area contributed by atoms with E-state index in [0.717, 1.165) is 24.4 Å². The Labute approximate surface area is 114 Å². The highest BCUT2D eigenvalue weighted by Crippen LogP contribution is 2.12. The van der Waals surface area contributed by atoms with Gasteiger partial charge in [0.25, 0.3) is 0 Å². The number of hydrogen-bond acceptors (Lipinski definition) is 3. The fourth-order valence-corrected chi connectivity index (χ4v) is 2.91. The Morgan fingerprint density at radius 2 is 2.42 bits per heavy atom. The Morgan fingerprint density at radius 3 is 3.16 bits per heavy atom. The van der Waals surface area contributed by atoms with Crippen molar-refractivity contribution in [3.63, 3.8) is 0 Å². The molecule has 1 unspecified atom stereocenters. The van der Waals surface area contributed by atoms with Gasteiger partial charge in [0.1, 0.15) is 5.65 Å². The number of likely N-dealkylation sites (N-methyl/N-ethyl adjacent to an activating group) is 1. The zero-order valence-corrected chi connectivity index (χ0v) is 11.8. The molecule has 1 saturated heterocycles. The quantitative estimate of drug-likeness (QED) is 0.908. The molecule has 1 atom stereocenters. The number of rotatable bonds is 4. The zero-order valence-electron chi connectivity index (χ0n) is 11.8. The van der Waals surface area contributed by atoms with Gasteiger partial charge in [0.05, 0.1) is 5.69 Å². The van der Waals surface area contributed by atoms with E-state index in [1.807, 2.05) is 0 Å². The zero-order chi connectivity index (χ0) is 13.2. The van der Waals surface area contributed by atoms with Crippen LogP contribution in [0.1, 0.15) is 24.1 Å².